The van der Waals surface area contributed by atoms with Gasteiger partial charge >= 0.3 is 0 Å². The van der Waals surface area contributed by atoms with Crippen LogP contribution in [0.25, 0.3) is 10.8 Å². The monoisotopic (exact) mass is 482 g/mol. The highest BCUT2D eigenvalue weighted by Gasteiger charge is 2.13. The van der Waals surface area contributed by atoms with Gasteiger partial charge in [-0.05, 0) is 87.1 Å². The van der Waals surface area contributed by atoms with Gasteiger partial charge in [0.2, 0.25) is 5.91 Å². The van der Waals surface area contributed by atoms with E-state index in [0.29, 0.717) is 28.7 Å². The van der Waals surface area contributed by atoms with Crippen molar-refractivity contribution in [2.24, 2.45) is 0 Å². The van der Waals surface area contributed by atoms with Crippen LogP contribution in [-0.2, 0) is 4.79 Å². The number of benzene rings is 2. The van der Waals surface area contributed by atoms with Crippen LogP contribution in [0, 0.1) is 6.92 Å². The van der Waals surface area contributed by atoms with Crippen LogP contribution in [0.15, 0.2) is 42.6 Å². The Labute approximate surface area is 207 Å². The van der Waals surface area contributed by atoms with E-state index in [4.69, 9.17) is 16.3 Å². The topological polar surface area (TPSA) is 66.5 Å². The number of pyridine rings is 1. The smallest absolute Gasteiger partial charge is 0.224 e. The number of hydrogen-bond donors (Lipinski definition) is 2. The lowest BCUT2D eigenvalue weighted by atomic mass is 10.1. The van der Waals surface area contributed by atoms with E-state index >= 15 is 0 Å². The van der Waals surface area contributed by atoms with Gasteiger partial charge in [0, 0.05) is 28.7 Å². The highest BCUT2D eigenvalue weighted by atomic mass is 35.5. The second-order valence-corrected chi connectivity index (χ2v) is 8.92. The van der Waals surface area contributed by atoms with E-state index in [1.54, 1.807) is 13.3 Å². The van der Waals surface area contributed by atoms with Gasteiger partial charge in [-0.1, -0.05) is 31.5 Å². The van der Waals surface area contributed by atoms with Crippen LogP contribution < -0.4 is 15.4 Å². The van der Waals surface area contributed by atoms with Gasteiger partial charge in [-0.25, -0.2) is 4.98 Å². The quantitative estimate of drug-likeness (QED) is 0.297. The van der Waals surface area contributed by atoms with E-state index in [1.165, 1.54) is 0 Å². The second-order valence-electron chi connectivity index (χ2n) is 8.52. The lowest BCUT2D eigenvalue weighted by Crippen LogP contribution is -2.27. The third-order valence-corrected chi connectivity index (χ3v) is 6.16. The van der Waals surface area contributed by atoms with Crippen molar-refractivity contribution < 1.29 is 9.53 Å². The molecular weight excluding hydrogens is 448 g/mol. The van der Waals surface area contributed by atoms with E-state index in [1.807, 2.05) is 43.3 Å². The molecule has 0 saturated heterocycles. The van der Waals surface area contributed by atoms with Gasteiger partial charge in [0.05, 0.1) is 12.8 Å². The van der Waals surface area contributed by atoms with E-state index in [2.05, 4.69) is 34.4 Å². The molecule has 7 heteroatoms. The number of carbonyl (C=O) groups excluding carboxylic acids is 1. The van der Waals surface area contributed by atoms with Crippen LogP contribution in [0.4, 0.5) is 17.2 Å². The number of halogens is 1. The number of methoxy groups -OCH3 is 1. The summed E-state index contributed by atoms with van der Waals surface area (Å²) >= 11 is 6.29. The molecule has 1 aromatic heterocycles. The van der Waals surface area contributed by atoms with Gasteiger partial charge in [0.25, 0.3) is 0 Å². The van der Waals surface area contributed by atoms with Crippen molar-refractivity contribution in [3.8, 4) is 5.75 Å². The standard InChI is InChI=1S/C27H35ClN4O2/c1-5-13-32(14-6-2)15-7-8-26(33)31-24-18-22-20(16-25(24)34-4)11-12-29-27(22)30-21-10-9-19(3)23(28)17-21/h9-12,16-18H,5-8,13-15H2,1-4H3,(H,29,30)(H,31,33). The summed E-state index contributed by atoms with van der Waals surface area (Å²) in [5.41, 5.74) is 2.50. The van der Waals surface area contributed by atoms with Gasteiger partial charge in [-0.2, -0.15) is 0 Å². The Morgan fingerprint density at radius 3 is 2.53 bits per heavy atom. The molecule has 0 saturated carbocycles. The molecule has 6 nitrogen and oxygen atoms in total. The first-order valence-corrected chi connectivity index (χ1v) is 12.3. The zero-order valence-corrected chi connectivity index (χ0v) is 21.3. The molecule has 2 aromatic carbocycles. The fourth-order valence-electron chi connectivity index (χ4n) is 4.02. The van der Waals surface area contributed by atoms with Crippen LogP contribution in [0.3, 0.4) is 0 Å². The first-order chi connectivity index (χ1) is 16.4. The van der Waals surface area contributed by atoms with Gasteiger partial charge < -0.3 is 20.3 Å². The Balaban J connectivity index is 1.77. The average molecular weight is 483 g/mol. The predicted octanol–water partition coefficient (Wildman–Crippen LogP) is 6.79. The van der Waals surface area contributed by atoms with E-state index in [-0.39, 0.29) is 5.91 Å². The summed E-state index contributed by atoms with van der Waals surface area (Å²) in [6.07, 6.45) is 5.28. The van der Waals surface area contributed by atoms with Crippen LogP contribution >= 0.6 is 11.6 Å². The highest BCUT2D eigenvalue weighted by Crippen LogP contribution is 2.34. The molecule has 0 aliphatic carbocycles. The molecular formula is C27H35ClN4O2. The summed E-state index contributed by atoms with van der Waals surface area (Å²) in [6.45, 7) is 9.42. The lowest BCUT2D eigenvalue weighted by molar-refractivity contribution is -0.116. The maximum Gasteiger partial charge on any atom is 0.224 e. The van der Waals surface area contributed by atoms with Crippen LogP contribution in [-0.4, -0.2) is 42.5 Å². The van der Waals surface area contributed by atoms with Crippen molar-refractivity contribution in [2.75, 3.05) is 37.4 Å². The average Bonchev–Trinajstić information content (AvgIpc) is 2.81. The Hall–Kier alpha value is -2.83. The summed E-state index contributed by atoms with van der Waals surface area (Å²) in [6, 6.07) is 11.6. The molecule has 0 aliphatic heterocycles. The van der Waals surface area contributed by atoms with Crippen LogP contribution in [0.2, 0.25) is 5.02 Å². The number of nitrogens with zero attached hydrogens (tertiary/aromatic N) is 2. The van der Waals surface area contributed by atoms with Crippen molar-refractivity contribution in [3.63, 3.8) is 0 Å². The lowest BCUT2D eigenvalue weighted by Gasteiger charge is -2.20. The number of nitrogens with one attached hydrogen (secondary N) is 2. The van der Waals surface area contributed by atoms with Gasteiger partial charge in [-0.15, -0.1) is 0 Å². The Bertz CT molecular complexity index is 1110. The van der Waals surface area contributed by atoms with Crippen LogP contribution in [0.5, 0.6) is 5.75 Å². The number of ether oxygens (including phenoxy) is 1. The van der Waals surface area contributed by atoms with Crippen molar-refractivity contribution in [1.82, 2.24) is 9.88 Å². The third kappa shape index (κ3) is 6.84. The molecule has 0 fully saturated rings. The fraction of sp³-hybridized carbons (Fsp3) is 0.407. The summed E-state index contributed by atoms with van der Waals surface area (Å²) in [7, 11) is 1.61. The van der Waals surface area contributed by atoms with E-state index in [0.717, 1.165) is 60.9 Å². The summed E-state index contributed by atoms with van der Waals surface area (Å²) < 4.78 is 5.57. The Kier molecular flexibility index (Phi) is 9.54. The zero-order chi connectivity index (χ0) is 24.5. The molecule has 0 radical (unpaired) electrons. The second kappa shape index (κ2) is 12.6. The number of aromatic nitrogens is 1. The molecule has 0 atom stereocenters. The number of anilines is 3. The van der Waals surface area contributed by atoms with Crippen molar-refractivity contribution in [3.05, 3.63) is 53.2 Å². The Morgan fingerprint density at radius 1 is 1.09 bits per heavy atom. The number of carbonyl (C=O) groups is 1. The third-order valence-electron chi connectivity index (χ3n) is 5.75. The number of hydrogen-bond acceptors (Lipinski definition) is 5. The largest absolute Gasteiger partial charge is 0.495 e. The molecule has 3 rings (SSSR count). The van der Waals surface area contributed by atoms with Gasteiger partial charge in [-0.3, -0.25) is 4.79 Å². The van der Waals surface area contributed by atoms with Crippen molar-refractivity contribution >= 4 is 45.5 Å². The molecule has 182 valence electrons. The fourth-order valence-corrected chi connectivity index (χ4v) is 4.20. The minimum Gasteiger partial charge on any atom is -0.495 e. The molecule has 3 aromatic rings. The molecule has 0 aliphatic rings. The first-order valence-electron chi connectivity index (χ1n) is 12.0. The molecule has 0 spiro atoms. The molecule has 0 bridgehead atoms. The van der Waals surface area contributed by atoms with E-state index < -0.39 is 0 Å². The van der Waals surface area contributed by atoms with Gasteiger partial charge in [0.1, 0.15) is 11.6 Å². The maximum absolute atomic E-state index is 12.7. The van der Waals surface area contributed by atoms with Crippen LogP contribution in [0.1, 0.15) is 45.1 Å². The molecule has 34 heavy (non-hydrogen) atoms. The molecule has 2 N–H and O–H groups in total. The molecule has 1 heterocycles. The summed E-state index contributed by atoms with van der Waals surface area (Å²) in [5, 5.41) is 8.92. The number of rotatable bonds is 12. The van der Waals surface area contributed by atoms with Crippen molar-refractivity contribution in [2.45, 2.75) is 46.5 Å². The minimum absolute atomic E-state index is 0.0192. The highest BCUT2D eigenvalue weighted by molar-refractivity contribution is 6.31. The van der Waals surface area contributed by atoms with Crippen molar-refractivity contribution in [1.29, 1.82) is 0 Å². The molecule has 0 unspecified atom stereocenters. The SMILES string of the molecule is CCCN(CCC)CCCC(=O)Nc1cc2c(Nc3ccc(C)c(Cl)c3)nccc2cc1OC. The summed E-state index contributed by atoms with van der Waals surface area (Å²) in [4.78, 5) is 19.7. The normalized spacial score (nSPS) is 11.1. The minimum atomic E-state index is -0.0192. The van der Waals surface area contributed by atoms with Gasteiger partial charge in [0.15, 0.2) is 0 Å². The predicted molar refractivity (Wildman–Crippen MR) is 143 cm³/mol. The van der Waals surface area contributed by atoms with E-state index in [9.17, 15) is 4.79 Å². The number of fused-ring (bicyclic) bond motifs is 1. The first kappa shape index (κ1) is 25.8. The Morgan fingerprint density at radius 2 is 1.85 bits per heavy atom. The summed E-state index contributed by atoms with van der Waals surface area (Å²) in [5.74, 6) is 1.29. The zero-order valence-electron chi connectivity index (χ0n) is 20.6. The molecule has 1 amide bonds. The maximum atomic E-state index is 12.7. The number of aryl methyl sites for hydroxylation is 1. The number of amides is 1.